The number of benzene rings is 2. The van der Waals surface area contributed by atoms with E-state index in [2.05, 4.69) is 27.0 Å². The van der Waals surface area contributed by atoms with Gasteiger partial charge in [-0.3, -0.25) is 4.79 Å². The molecule has 136 valence electrons. The lowest BCUT2D eigenvalue weighted by Crippen LogP contribution is -2.30. The van der Waals surface area contributed by atoms with Gasteiger partial charge in [-0.25, -0.2) is 4.98 Å². The number of hydrogen-bond acceptors (Lipinski definition) is 2. The summed E-state index contributed by atoms with van der Waals surface area (Å²) < 4.78 is 4.01. The average molecular weight is 358 g/mol. The number of aromatic nitrogens is 3. The first-order chi connectivity index (χ1) is 13.1. The van der Waals surface area contributed by atoms with Crippen LogP contribution in [-0.2, 0) is 11.3 Å². The van der Waals surface area contributed by atoms with Crippen LogP contribution in [0.2, 0.25) is 0 Å². The van der Waals surface area contributed by atoms with Crippen LogP contribution in [0, 0.1) is 6.92 Å². The van der Waals surface area contributed by atoms with E-state index in [0.29, 0.717) is 6.54 Å². The van der Waals surface area contributed by atoms with Crippen LogP contribution < -0.4 is 5.32 Å². The number of aryl methyl sites for hydroxylation is 1. The van der Waals surface area contributed by atoms with Crippen molar-refractivity contribution in [2.75, 3.05) is 0 Å². The maximum atomic E-state index is 12.6. The molecule has 0 fully saturated rings. The normalized spacial score (nSPS) is 12.2. The van der Waals surface area contributed by atoms with E-state index in [9.17, 15) is 4.79 Å². The first kappa shape index (κ1) is 17.1. The van der Waals surface area contributed by atoms with Gasteiger partial charge in [0.05, 0.1) is 12.4 Å². The summed E-state index contributed by atoms with van der Waals surface area (Å²) in [6.07, 6.45) is 5.43. The number of rotatable bonds is 5. The van der Waals surface area contributed by atoms with Gasteiger partial charge in [0.1, 0.15) is 6.54 Å². The van der Waals surface area contributed by atoms with E-state index in [1.165, 1.54) is 0 Å². The fourth-order valence-corrected chi connectivity index (χ4v) is 3.42. The summed E-state index contributed by atoms with van der Waals surface area (Å²) >= 11 is 0. The standard InChI is InChI=1S/C22H22N4O/c1-16-13-19-5-3-4-6-21(19)26(16)14-22(27)24-17(2)18-7-9-20(10-8-18)25-12-11-23-15-25/h3-13,15,17H,14H2,1-2H3,(H,24,27). The van der Waals surface area contributed by atoms with Gasteiger partial charge in [-0.05, 0) is 49.1 Å². The van der Waals surface area contributed by atoms with Crippen LogP contribution in [0.25, 0.3) is 16.6 Å². The van der Waals surface area contributed by atoms with Crippen LogP contribution in [0.5, 0.6) is 0 Å². The van der Waals surface area contributed by atoms with Gasteiger partial charge in [-0.1, -0.05) is 30.3 Å². The van der Waals surface area contributed by atoms with E-state index in [1.54, 1.807) is 12.5 Å². The quantitative estimate of drug-likeness (QED) is 0.586. The highest BCUT2D eigenvalue weighted by molar-refractivity contribution is 5.84. The molecule has 0 aliphatic rings. The van der Waals surface area contributed by atoms with Gasteiger partial charge in [0.2, 0.25) is 5.91 Å². The van der Waals surface area contributed by atoms with Crippen LogP contribution in [0.1, 0.15) is 24.2 Å². The zero-order chi connectivity index (χ0) is 18.8. The molecule has 2 aromatic heterocycles. The van der Waals surface area contributed by atoms with Crippen molar-refractivity contribution in [1.82, 2.24) is 19.4 Å². The Kier molecular flexibility index (Phi) is 4.50. The van der Waals surface area contributed by atoms with Gasteiger partial charge in [-0.2, -0.15) is 0 Å². The van der Waals surface area contributed by atoms with Crippen molar-refractivity contribution in [3.63, 3.8) is 0 Å². The Morgan fingerprint density at radius 3 is 2.67 bits per heavy atom. The molecule has 1 N–H and O–H groups in total. The number of fused-ring (bicyclic) bond motifs is 1. The second-order valence-corrected chi connectivity index (χ2v) is 6.78. The van der Waals surface area contributed by atoms with Gasteiger partial charge in [0.25, 0.3) is 0 Å². The third kappa shape index (κ3) is 3.49. The minimum absolute atomic E-state index is 0.00522. The lowest BCUT2D eigenvalue weighted by molar-refractivity contribution is -0.122. The zero-order valence-electron chi connectivity index (χ0n) is 15.5. The molecule has 0 spiro atoms. The van der Waals surface area contributed by atoms with Crippen molar-refractivity contribution in [3.05, 3.63) is 84.6 Å². The largest absolute Gasteiger partial charge is 0.348 e. The minimum atomic E-state index is -0.0588. The summed E-state index contributed by atoms with van der Waals surface area (Å²) in [5, 5.41) is 4.26. The molecule has 27 heavy (non-hydrogen) atoms. The van der Waals surface area contributed by atoms with Crippen LogP contribution in [0.15, 0.2) is 73.3 Å². The van der Waals surface area contributed by atoms with Gasteiger partial charge >= 0.3 is 0 Å². The second-order valence-electron chi connectivity index (χ2n) is 6.78. The summed E-state index contributed by atoms with van der Waals surface area (Å²) in [5.74, 6) is 0.00522. The van der Waals surface area contributed by atoms with Crippen LogP contribution in [0.4, 0.5) is 0 Å². The molecular formula is C22H22N4O. The van der Waals surface area contributed by atoms with Crippen LogP contribution >= 0.6 is 0 Å². The number of imidazole rings is 1. The first-order valence-corrected chi connectivity index (χ1v) is 9.04. The maximum absolute atomic E-state index is 12.6. The van der Waals surface area contributed by atoms with E-state index < -0.39 is 0 Å². The molecule has 1 amide bonds. The first-order valence-electron chi connectivity index (χ1n) is 9.04. The number of amides is 1. The van der Waals surface area contributed by atoms with Crippen molar-refractivity contribution < 1.29 is 4.79 Å². The maximum Gasteiger partial charge on any atom is 0.240 e. The number of carbonyl (C=O) groups is 1. The SMILES string of the molecule is Cc1cc2ccccc2n1CC(=O)NC(C)c1ccc(-n2ccnc2)cc1. The molecule has 1 unspecified atom stereocenters. The molecule has 5 nitrogen and oxygen atoms in total. The summed E-state index contributed by atoms with van der Waals surface area (Å²) in [4.78, 5) is 16.7. The third-order valence-corrected chi connectivity index (χ3v) is 4.89. The Morgan fingerprint density at radius 1 is 1.15 bits per heavy atom. The number of nitrogens with one attached hydrogen (secondary N) is 1. The van der Waals surface area contributed by atoms with E-state index >= 15 is 0 Å². The Hall–Kier alpha value is -3.34. The molecule has 0 saturated carbocycles. The highest BCUT2D eigenvalue weighted by atomic mass is 16.2. The number of para-hydroxylation sites is 1. The molecule has 0 aliphatic heterocycles. The number of carbonyl (C=O) groups excluding carboxylic acids is 1. The smallest absolute Gasteiger partial charge is 0.240 e. The average Bonchev–Trinajstić information content (AvgIpc) is 3.31. The Morgan fingerprint density at radius 2 is 1.93 bits per heavy atom. The zero-order valence-corrected chi connectivity index (χ0v) is 15.5. The summed E-state index contributed by atoms with van der Waals surface area (Å²) in [7, 11) is 0. The predicted octanol–water partition coefficient (Wildman–Crippen LogP) is 4.01. The van der Waals surface area contributed by atoms with Gasteiger partial charge in [-0.15, -0.1) is 0 Å². The Labute approximate surface area is 158 Å². The van der Waals surface area contributed by atoms with Crippen molar-refractivity contribution in [3.8, 4) is 5.69 Å². The van der Waals surface area contributed by atoms with Crippen molar-refractivity contribution >= 4 is 16.8 Å². The molecule has 4 rings (SSSR count). The number of nitrogens with zero attached hydrogens (tertiary/aromatic N) is 3. The highest BCUT2D eigenvalue weighted by Gasteiger charge is 2.13. The number of hydrogen-bond donors (Lipinski definition) is 1. The Bertz CT molecular complexity index is 1060. The molecule has 0 aliphatic carbocycles. The molecule has 0 radical (unpaired) electrons. The minimum Gasteiger partial charge on any atom is -0.348 e. The van der Waals surface area contributed by atoms with E-state index in [0.717, 1.165) is 27.8 Å². The molecule has 2 aromatic carbocycles. The fourth-order valence-electron chi connectivity index (χ4n) is 3.42. The predicted molar refractivity (Wildman–Crippen MR) is 107 cm³/mol. The molecule has 0 bridgehead atoms. The van der Waals surface area contributed by atoms with Gasteiger partial charge in [0.15, 0.2) is 0 Å². The van der Waals surface area contributed by atoms with E-state index in [4.69, 9.17) is 0 Å². The third-order valence-electron chi connectivity index (χ3n) is 4.89. The van der Waals surface area contributed by atoms with Crippen molar-refractivity contribution in [2.24, 2.45) is 0 Å². The monoisotopic (exact) mass is 358 g/mol. The molecule has 4 aromatic rings. The summed E-state index contributed by atoms with van der Waals surface area (Å²) in [6, 6.07) is 18.3. The molecule has 2 heterocycles. The fraction of sp³-hybridized carbons (Fsp3) is 0.182. The van der Waals surface area contributed by atoms with E-state index in [-0.39, 0.29) is 11.9 Å². The summed E-state index contributed by atoms with van der Waals surface area (Å²) in [5.41, 5.74) is 4.29. The Balaban J connectivity index is 1.45. The second kappa shape index (κ2) is 7.11. The van der Waals surface area contributed by atoms with Crippen LogP contribution in [0.3, 0.4) is 0 Å². The van der Waals surface area contributed by atoms with Crippen LogP contribution in [-0.4, -0.2) is 20.0 Å². The van der Waals surface area contributed by atoms with Crippen molar-refractivity contribution in [2.45, 2.75) is 26.4 Å². The highest BCUT2D eigenvalue weighted by Crippen LogP contribution is 2.20. The topological polar surface area (TPSA) is 51.9 Å². The lowest BCUT2D eigenvalue weighted by atomic mass is 10.1. The lowest BCUT2D eigenvalue weighted by Gasteiger charge is -2.16. The molecule has 0 saturated heterocycles. The molecule has 1 atom stereocenters. The summed E-state index contributed by atoms with van der Waals surface area (Å²) in [6.45, 7) is 4.35. The van der Waals surface area contributed by atoms with Crippen molar-refractivity contribution in [1.29, 1.82) is 0 Å². The van der Waals surface area contributed by atoms with E-state index in [1.807, 2.05) is 67.1 Å². The van der Waals surface area contributed by atoms with Gasteiger partial charge < -0.3 is 14.5 Å². The molecule has 5 heteroatoms. The molecular weight excluding hydrogens is 336 g/mol. The van der Waals surface area contributed by atoms with Gasteiger partial charge in [0, 0.05) is 29.3 Å².